The van der Waals surface area contributed by atoms with Crippen LogP contribution in [0.2, 0.25) is 0 Å². The van der Waals surface area contributed by atoms with Gasteiger partial charge in [0.1, 0.15) is 0 Å². The Balaban J connectivity index is 1.93. The maximum atomic E-state index is 8.85. The highest BCUT2D eigenvalue weighted by atomic mass is 32.1. The van der Waals surface area contributed by atoms with E-state index in [1.165, 1.54) is 11.3 Å². The quantitative estimate of drug-likeness (QED) is 0.801. The van der Waals surface area contributed by atoms with Gasteiger partial charge in [-0.25, -0.2) is 9.50 Å². The first-order chi connectivity index (χ1) is 10.2. The van der Waals surface area contributed by atoms with Crippen LogP contribution < -0.4 is 5.32 Å². The molecular formula is C15H15N5S. The van der Waals surface area contributed by atoms with Crippen LogP contribution in [0.1, 0.15) is 19.4 Å². The number of nitrogens with zero attached hydrogens (tertiary/aromatic N) is 4. The van der Waals surface area contributed by atoms with Gasteiger partial charge in [0.2, 0.25) is 10.1 Å². The lowest BCUT2D eigenvalue weighted by Crippen LogP contribution is -2.07. The fourth-order valence-corrected chi connectivity index (χ4v) is 2.75. The summed E-state index contributed by atoms with van der Waals surface area (Å²) >= 11 is 1.54. The van der Waals surface area contributed by atoms with Crippen molar-refractivity contribution in [3.63, 3.8) is 0 Å². The van der Waals surface area contributed by atoms with Gasteiger partial charge in [0, 0.05) is 12.1 Å². The van der Waals surface area contributed by atoms with Crippen LogP contribution in [0.3, 0.4) is 0 Å². The molecule has 106 valence electrons. The lowest BCUT2D eigenvalue weighted by molar-refractivity contribution is 0.687. The monoisotopic (exact) mass is 297 g/mol. The van der Waals surface area contributed by atoms with Crippen LogP contribution in [0.4, 0.5) is 5.13 Å². The average molecular weight is 297 g/mol. The summed E-state index contributed by atoms with van der Waals surface area (Å²) in [6.45, 7) is 5.21. The molecule has 5 nitrogen and oxygen atoms in total. The maximum Gasteiger partial charge on any atom is 0.214 e. The minimum atomic E-state index is 0.569. The number of imidazole rings is 1. The number of hydrogen-bond acceptors (Lipinski definition) is 5. The molecule has 0 saturated carbocycles. The Hall–Kier alpha value is -2.39. The van der Waals surface area contributed by atoms with E-state index in [9.17, 15) is 0 Å². The summed E-state index contributed by atoms with van der Waals surface area (Å²) in [6, 6.07) is 9.57. The zero-order valence-corrected chi connectivity index (χ0v) is 12.7. The van der Waals surface area contributed by atoms with Gasteiger partial charge in [-0.2, -0.15) is 5.26 Å². The molecule has 21 heavy (non-hydrogen) atoms. The molecule has 0 atom stereocenters. The van der Waals surface area contributed by atoms with Crippen molar-refractivity contribution in [3.8, 4) is 17.3 Å². The number of nitrogens with one attached hydrogen (secondary N) is 1. The molecular weight excluding hydrogens is 282 g/mol. The van der Waals surface area contributed by atoms with Crippen molar-refractivity contribution < 1.29 is 0 Å². The van der Waals surface area contributed by atoms with Crippen LogP contribution >= 0.6 is 11.3 Å². The molecule has 0 aliphatic rings. The van der Waals surface area contributed by atoms with Gasteiger partial charge in [0.25, 0.3) is 0 Å². The number of benzene rings is 1. The molecule has 0 bridgehead atoms. The first kappa shape index (κ1) is 13.6. The molecule has 0 spiro atoms. The Bertz CT molecular complexity index is 792. The number of aromatic nitrogens is 3. The maximum absolute atomic E-state index is 8.85. The van der Waals surface area contributed by atoms with Crippen molar-refractivity contribution in [1.82, 2.24) is 14.6 Å². The zero-order chi connectivity index (χ0) is 14.8. The van der Waals surface area contributed by atoms with Gasteiger partial charge in [-0.05, 0) is 18.1 Å². The Labute approximate surface area is 126 Å². The number of anilines is 1. The molecule has 2 heterocycles. The highest BCUT2D eigenvalue weighted by molar-refractivity contribution is 7.20. The summed E-state index contributed by atoms with van der Waals surface area (Å²) in [5.41, 5.74) is 2.59. The molecule has 0 radical (unpaired) electrons. The Morgan fingerprint density at radius 3 is 2.76 bits per heavy atom. The summed E-state index contributed by atoms with van der Waals surface area (Å²) in [7, 11) is 0. The van der Waals surface area contributed by atoms with Crippen molar-refractivity contribution in [3.05, 3.63) is 36.0 Å². The molecule has 3 aromatic rings. The third-order valence-corrected chi connectivity index (χ3v) is 3.94. The minimum absolute atomic E-state index is 0.569. The highest BCUT2D eigenvalue weighted by Gasteiger charge is 2.11. The van der Waals surface area contributed by atoms with Crippen LogP contribution in [0.15, 0.2) is 30.5 Å². The van der Waals surface area contributed by atoms with E-state index in [2.05, 4.69) is 35.3 Å². The third kappa shape index (κ3) is 2.73. The van der Waals surface area contributed by atoms with Crippen molar-refractivity contribution in [1.29, 1.82) is 5.26 Å². The lowest BCUT2D eigenvalue weighted by atomic mass is 10.1. The van der Waals surface area contributed by atoms with Gasteiger partial charge >= 0.3 is 0 Å². The molecule has 0 fully saturated rings. The van der Waals surface area contributed by atoms with E-state index in [4.69, 9.17) is 5.26 Å². The van der Waals surface area contributed by atoms with Crippen molar-refractivity contribution in [2.45, 2.75) is 13.8 Å². The van der Waals surface area contributed by atoms with Gasteiger partial charge in [-0.15, -0.1) is 5.10 Å². The van der Waals surface area contributed by atoms with Crippen molar-refractivity contribution >= 4 is 21.4 Å². The standard InChI is InChI=1S/C15H15N5S/c1-10(2)8-17-14-19-20-13(9-18-15(20)21-14)12-5-3-11(7-16)4-6-12/h3-6,9-10H,8H2,1-2H3,(H,17,19). The summed E-state index contributed by atoms with van der Waals surface area (Å²) in [5.74, 6) is 0.569. The molecule has 1 aromatic carbocycles. The van der Waals surface area contributed by atoms with Crippen LogP contribution in [0.5, 0.6) is 0 Å². The number of fused-ring (bicyclic) bond motifs is 1. The summed E-state index contributed by atoms with van der Waals surface area (Å²) in [4.78, 5) is 5.26. The average Bonchev–Trinajstić information content (AvgIpc) is 3.05. The van der Waals surface area contributed by atoms with E-state index >= 15 is 0 Å². The van der Waals surface area contributed by atoms with E-state index in [0.717, 1.165) is 27.9 Å². The molecule has 2 aromatic heterocycles. The van der Waals surface area contributed by atoms with E-state index in [1.807, 2.05) is 22.8 Å². The molecule has 6 heteroatoms. The number of nitriles is 1. The van der Waals surface area contributed by atoms with Gasteiger partial charge in [0.05, 0.1) is 23.5 Å². The second-order valence-corrected chi connectivity index (χ2v) is 6.16. The third-order valence-electron chi connectivity index (χ3n) is 3.06. The van der Waals surface area contributed by atoms with Crippen molar-refractivity contribution in [2.24, 2.45) is 5.92 Å². The van der Waals surface area contributed by atoms with Crippen LogP contribution in [0, 0.1) is 17.2 Å². The van der Waals surface area contributed by atoms with Gasteiger partial charge in [-0.3, -0.25) is 0 Å². The van der Waals surface area contributed by atoms with Crippen LogP contribution in [-0.4, -0.2) is 21.1 Å². The molecule has 0 amide bonds. The van der Waals surface area contributed by atoms with Crippen LogP contribution in [-0.2, 0) is 0 Å². The highest BCUT2D eigenvalue weighted by Crippen LogP contribution is 2.26. The largest absolute Gasteiger partial charge is 0.360 e. The second kappa shape index (κ2) is 5.54. The van der Waals surface area contributed by atoms with E-state index in [0.29, 0.717) is 11.5 Å². The van der Waals surface area contributed by atoms with Crippen molar-refractivity contribution in [2.75, 3.05) is 11.9 Å². The predicted molar refractivity (Wildman–Crippen MR) is 84.3 cm³/mol. The first-order valence-corrected chi connectivity index (χ1v) is 7.58. The summed E-state index contributed by atoms with van der Waals surface area (Å²) in [5, 5.41) is 17.6. The lowest BCUT2D eigenvalue weighted by Gasteiger charge is -2.04. The van der Waals surface area contributed by atoms with Gasteiger partial charge in [-0.1, -0.05) is 37.3 Å². The molecule has 0 aliphatic carbocycles. The second-order valence-electron chi connectivity index (χ2n) is 5.21. The Kier molecular flexibility index (Phi) is 3.59. The predicted octanol–water partition coefficient (Wildman–Crippen LogP) is 3.40. The Morgan fingerprint density at radius 2 is 2.10 bits per heavy atom. The smallest absolute Gasteiger partial charge is 0.214 e. The number of rotatable bonds is 4. The molecule has 3 rings (SSSR count). The van der Waals surface area contributed by atoms with E-state index in [-0.39, 0.29) is 0 Å². The summed E-state index contributed by atoms with van der Waals surface area (Å²) < 4.78 is 1.84. The van der Waals surface area contributed by atoms with Gasteiger partial charge in [0.15, 0.2) is 0 Å². The SMILES string of the molecule is CC(C)CNc1nn2c(-c3ccc(C#N)cc3)cnc2s1. The first-order valence-electron chi connectivity index (χ1n) is 6.76. The van der Waals surface area contributed by atoms with E-state index in [1.54, 1.807) is 12.1 Å². The zero-order valence-electron chi connectivity index (χ0n) is 11.9. The molecule has 0 unspecified atom stereocenters. The minimum Gasteiger partial charge on any atom is -0.360 e. The van der Waals surface area contributed by atoms with E-state index < -0.39 is 0 Å². The molecule has 1 N–H and O–H groups in total. The normalized spacial score (nSPS) is 11.0. The fourth-order valence-electron chi connectivity index (χ4n) is 1.97. The number of hydrogen-bond donors (Lipinski definition) is 1. The summed E-state index contributed by atoms with van der Waals surface area (Å²) in [6.07, 6.45) is 1.81. The topological polar surface area (TPSA) is 66.0 Å². The Morgan fingerprint density at radius 1 is 1.33 bits per heavy atom. The van der Waals surface area contributed by atoms with Crippen LogP contribution in [0.25, 0.3) is 16.2 Å². The molecule has 0 saturated heterocycles. The van der Waals surface area contributed by atoms with Gasteiger partial charge < -0.3 is 5.32 Å². The molecule has 0 aliphatic heterocycles. The fraction of sp³-hybridized carbons (Fsp3) is 0.267.